The van der Waals surface area contributed by atoms with E-state index in [1.165, 1.54) is 38.8 Å². The molecule has 0 bridgehead atoms. The monoisotopic (exact) mass is 276 g/mol. The third kappa shape index (κ3) is 2.72. The summed E-state index contributed by atoms with van der Waals surface area (Å²) < 4.78 is 0. The Kier molecular flexibility index (Phi) is 3.66. The van der Waals surface area contributed by atoms with Crippen molar-refractivity contribution >= 4 is 23.0 Å². The standard InChI is InChI=1S/C14H20N4S/c15-14(19)10-4-5-13(16-9-10)17-11-6-8-18-7-2-1-3-12(11)18/h4-5,9,11-12H,1-3,6-8H2,(H2,15,19)(H,16,17). The molecule has 5 heteroatoms. The van der Waals surface area contributed by atoms with Crippen LogP contribution in [0.5, 0.6) is 0 Å². The highest BCUT2D eigenvalue weighted by Gasteiger charge is 2.35. The molecule has 3 heterocycles. The summed E-state index contributed by atoms with van der Waals surface area (Å²) in [6, 6.07) is 5.12. The molecule has 2 fully saturated rings. The van der Waals surface area contributed by atoms with Gasteiger partial charge in [0.15, 0.2) is 0 Å². The number of hydrogen-bond acceptors (Lipinski definition) is 4. The van der Waals surface area contributed by atoms with Gasteiger partial charge in [-0.25, -0.2) is 4.98 Å². The first-order chi connectivity index (χ1) is 9.24. The van der Waals surface area contributed by atoms with Gasteiger partial charge in [-0.15, -0.1) is 0 Å². The number of piperidine rings is 1. The first-order valence-corrected chi connectivity index (χ1v) is 7.41. The zero-order chi connectivity index (χ0) is 13.2. The molecular weight excluding hydrogens is 256 g/mol. The SMILES string of the molecule is NC(=S)c1ccc(NC2CCN3CCCCC23)nc1. The van der Waals surface area contributed by atoms with Crippen LogP contribution in [0.15, 0.2) is 18.3 Å². The molecule has 2 atom stereocenters. The van der Waals surface area contributed by atoms with Crippen LogP contribution in [0.4, 0.5) is 5.82 Å². The van der Waals surface area contributed by atoms with Crippen LogP contribution in [-0.2, 0) is 0 Å². The topological polar surface area (TPSA) is 54.2 Å². The Morgan fingerprint density at radius 2 is 2.21 bits per heavy atom. The Morgan fingerprint density at radius 3 is 2.95 bits per heavy atom. The number of rotatable bonds is 3. The second-order valence-corrected chi connectivity index (χ2v) is 5.87. The van der Waals surface area contributed by atoms with Crippen LogP contribution in [0.1, 0.15) is 31.2 Å². The van der Waals surface area contributed by atoms with Crippen molar-refractivity contribution in [2.45, 2.75) is 37.8 Å². The van der Waals surface area contributed by atoms with Gasteiger partial charge in [0, 0.05) is 30.4 Å². The van der Waals surface area contributed by atoms with Crippen molar-refractivity contribution in [3.63, 3.8) is 0 Å². The molecule has 3 N–H and O–H groups in total. The third-order valence-corrected chi connectivity index (χ3v) is 4.47. The largest absolute Gasteiger partial charge is 0.389 e. The summed E-state index contributed by atoms with van der Waals surface area (Å²) in [7, 11) is 0. The number of anilines is 1. The Labute approximate surface area is 119 Å². The molecule has 2 aliphatic rings. The fraction of sp³-hybridized carbons (Fsp3) is 0.571. The van der Waals surface area contributed by atoms with Gasteiger partial charge >= 0.3 is 0 Å². The molecular formula is C14H20N4S. The van der Waals surface area contributed by atoms with E-state index in [2.05, 4.69) is 15.2 Å². The second-order valence-electron chi connectivity index (χ2n) is 5.43. The van der Waals surface area contributed by atoms with E-state index in [1.807, 2.05) is 12.1 Å². The molecule has 0 aliphatic carbocycles. The summed E-state index contributed by atoms with van der Waals surface area (Å²) in [6.45, 7) is 2.48. The Morgan fingerprint density at radius 1 is 1.32 bits per heavy atom. The van der Waals surface area contributed by atoms with Gasteiger partial charge in [0.1, 0.15) is 10.8 Å². The maximum atomic E-state index is 5.58. The molecule has 0 aromatic carbocycles. The summed E-state index contributed by atoms with van der Waals surface area (Å²) in [4.78, 5) is 7.42. The highest BCUT2D eigenvalue weighted by atomic mass is 32.1. The van der Waals surface area contributed by atoms with Gasteiger partial charge in [-0.2, -0.15) is 0 Å². The molecule has 2 unspecified atom stereocenters. The summed E-state index contributed by atoms with van der Waals surface area (Å²) >= 11 is 4.94. The molecule has 19 heavy (non-hydrogen) atoms. The fourth-order valence-corrected chi connectivity index (χ4v) is 3.35. The Balaban J connectivity index is 1.66. The fourth-order valence-electron chi connectivity index (χ4n) is 3.23. The van der Waals surface area contributed by atoms with E-state index < -0.39 is 0 Å². The van der Waals surface area contributed by atoms with Gasteiger partial charge in [-0.3, -0.25) is 4.90 Å². The van der Waals surface area contributed by atoms with Gasteiger partial charge in [-0.05, 0) is 37.9 Å². The molecule has 4 nitrogen and oxygen atoms in total. The van der Waals surface area contributed by atoms with Crippen molar-refractivity contribution in [2.24, 2.45) is 5.73 Å². The molecule has 0 radical (unpaired) electrons. The maximum absolute atomic E-state index is 5.58. The van der Waals surface area contributed by atoms with Crippen molar-refractivity contribution in [2.75, 3.05) is 18.4 Å². The van der Waals surface area contributed by atoms with Crippen LogP contribution in [0, 0.1) is 0 Å². The normalized spacial score (nSPS) is 26.9. The van der Waals surface area contributed by atoms with Gasteiger partial charge in [-0.1, -0.05) is 18.6 Å². The number of pyridine rings is 1. The van der Waals surface area contributed by atoms with Crippen molar-refractivity contribution in [1.82, 2.24) is 9.88 Å². The van der Waals surface area contributed by atoms with Crippen molar-refractivity contribution < 1.29 is 0 Å². The summed E-state index contributed by atoms with van der Waals surface area (Å²) in [5, 5.41) is 3.57. The minimum absolute atomic E-state index is 0.401. The lowest BCUT2D eigenvalue weighted by molar-refractivity contribution is 0.192. The van der Waals surface area contributed by atoms with E-state index >= 15 is 0 Å². The van der Waals surface area contributed by atoms with Gasteiger partial charge in [0.25, 0.3) is 0 Å². The number of nitrogens with two attached hydrogens (primary N) is 1. The highest BCUT2D eigenvalue weighted by molar-refractivity contribution is 7.80. The van der Waals surface area contributed by atoms with Gasteiger partial charge in [0.05, 0.1) is 0 Å². The van der Waals surface area contributed by atoms with Crippen LogP contribution in [0.2, 0.25) is 0 Å². The first kappa shape index (κ1) is 12.8. The first-order valence-electron chi connectivity index (χ1n) is 7.00. The van der Waals surface area contributed by atoms with E-state index in [1.54, 1.807) is 6.20 Å². The molecule has 0 spiro atoms. The Hall–Kier alpha value is -1.20. The van der Waals surface area contributed by atoms with E-state index in [0.29, 0.717) is 17.1 Å². The maximum Gasteiger partial charge on any atom is 0.126 e. The highest BCUT2D eigenvalue weighted by Crippen LogP contribution is 2.28. The molecule has 0 amide bonds. The smallest absolute Gasteiger partial charge is 0.126 e. The van der Waals surface area contributed by atoms with Gasteiger partial charge in [0.2, 0.25) is 0 Å². The molecule has 102 valence electrons. The number of hydrogen-bond donors (Lipinski definition) is 2. The van der Waals surface area contributed by atoms with E-state index in [-0.39, 0.29) is 0 Å². The third-order valence-electron chi connectivity index (χ3n) is 4.24. The van der Waals surface area contributed by atoms with Crippen molar-refractivity contribution in [3.8, 4) is 0 Å². The van der Waals surface area contributed by atoms with Gasteiger partial charge < -0.3 is 11.1 Å². The minimum atomic E-state index is 0.401. The predicted octanol–water partition coefficient (Wildman–Crippen LogP) is 1.75. The number of fused-ring (bicyclic) bond motifs is 1. The van der Waals surface area contributed by atoms with Crippen LogP contribution in [0.3, 0.4) is 0 Å². The summed E-state index contributed by atoms with van der Waals surface area (Å²) in [5.74, 6) is 0.928. The quantitative estimate of drug-likeness (QED) is 0.824. The number of nitrogens with zero attached hydrogens (tertiary/aromatic N) is 2. The van der Waals surface area contributed by atoms with Crippen LogP contribution < -0.4 is 11.1 Å². The zero-order valence-corrected chi connectivity index (χ0v) is 11.8. The molecule has 1 aromatic heterocycles. The molecule has 0 saturated carbocycles. The van der Waals surface area contributed by atoms with Crippen LogP contribution in [-0.4, -0.2) is 40.0 Å². The summed E-state index contributed by atoms with van der Waals surface area (Å²) in [5.41, 5.74) is 6.40. The summed E-state index contributed by atoms with van der Waals surface area (Å²) in [6.07, 6.45) is 6.97. The predicted molar refractivity (Wildman–Crippen MR) is 81.4 cm³/mol. The van der Waals surface area contributed by atoms with E-state index in [0.717, 1.165) is 11.4 Å². The molecule has 1 aromatic rings. The number of aromatic nitrogens is 1. The van der Waals surface area contributed by atoms with Crippen LogP contribution in [0.25, 0.3) is 0 Å². The second kappa shape index (κ2) is 5.43. The average molecular weight is 276 g/mol. The van der Waals surface area contributed by atoms with Crippen molar-refractivity contribution in [3.05, 3.63) is 23.9 Å². The number of thiocarbonyl (C=S) groups is 1. The minimum Gasteiger partial charge on any atom is -0.389 e. The zero-order valence-electron chi connectivity index (χ0n) is 11.0. The van der Waals surface area contributed by atoms with Crippen LogP contribution >= 0.6 is 12.2 Å². The lowest BCUT2D eigenvalue weighted by atomic mass is 9.99. The van der Waals surface area contributed by atoms with E-state index in [4.69, 9.17) is 18.0 Å². The Bertz CT molecular complexity index is 459. The lowest BCUT2D eigenvalue weighted by Gasteiger charge is -2.32. The molecule has 2 saturated heterocycles. The van der Waals surface area contributed by atoms with E-state index in [9.17, 15) is 0 Å². The van der Waals surface area contributed by atoms with Crippen molar-refractivity contribution in [1.29, 1.82) is 0 Å². The molecule has 3 rings (SSSR count). The lowest BCUT2D eigenvalue weighted by Crippen LogP contribution is -2.41. The number of nitrogens with one attached hydrogen (secondary N) is 1. The molecule has 2 aliphatic heterocycles. The average Bonchev–Trinajstić information content (AvgIpc) is 2.83.